The molecule has 0 amide bonds. The Morgan fingerprint density at radius 3 is 1.42 bits per heavy atom. The zero-order valence-electron chi connectivity index (χ0n) is 13.5. The molecule has 24 heavy (non-hydrogen) atoms. The van der Waals surface area contributed by atoms with Crippen LogP contribution in [0.15, 0.2) is 60.7 Å². The molecule has 4 atom stereocenters. The fourth-order valence-corrected chi connectivity index (χ4v) is 2.85. The highest BCUT2D eigenvalue weighted by Crippen LogP contribution is 2.30. The van der Waals surface area contributed by atoms with E-state index >= 15 is 0 Å². The van der Waals surface area contributed by atoms with Gasteiger partial charge in [0.1, 0.15) is 24.4 Å². The van der Waals surface area contributed by atoms with Gasteiger partial charge < -0.3 is 18.9 Å². The molecule has 0 radical (unpaired) electrons. The topological polar surface area (TPSA) is 43.5 Å². The molecule has 0 unspecified atom stereocenters. The zero-order valence-corrected chi connectivity index (χ0v) is 13.5. The van der Waals surface area contributed by atoms with Crippen molar-refractivity contribution < 1.29 is 18.9 Å². The Balaban J connectivity index is 1.39. The Bertz CT molecular complexity index is 565. The van der Waals surface area contributed by atoms with Crippen LogP contribution in [0.2, 0.25) is 0 Å². The van der Waals surface area contributed by atoms with Gasteiger partial charge in [-0.25, -0.2) is 0 Å². The largest absolute Gasteiger partial charge is 0.370 e. The summed E-state index contributed by atoms with van der Waals surface area (Å²) < 4.78 is 23.4. The van der Waals surface area contributed by atoms with Crippen molar-refractivity contribution in [2.45, 2.75) is 37.6 Å². The van der Waals surface area contributed by atoms with Crippen molar-refractivity contribution in [3.05, 3.63) is 71.8 Å². The van der Waals surface area contributed by atoms with E-state index in [2.05, 4.69) is 24.3 Å². The minimum Gasteiger partial charge on any atom is -0.370 e. The van der Waals surface area contributed by atoms with E-state index in [-0.39, 0.29) is 24.4 Å². The van der Waals surface area contributed by atoms with Crippen molar-refractivity contribution >= 4 is 0 Å². The van der Waals surface area contributed by atoms with E-state index in [9.17, 15) is 0 Å². The molecule has 0 aromatic heterocycles. The van der Waals surface area contributed by atoms with Crippen LogP contribution in [0.4, 0.5) is 0 Å². The Labute approximate surface area is 142 Å². The highest BCUT2D eigenvalue weighted by Gasteiger charge is 2.47. The van der Waals surface area contributed by atoms with Gasteiger partial charge in [-0.1, -0.05) is 60.7 Å². The summed E-state index contributed by atoms with van der Waals surface area (Å²) in [7, 11) is 0. The van der Waals surface area contributed by atoms with Gasteiger partial charge in [0.05, 0.1) is 26.4 Å². The minimum absolute atomic E-state index is 0.0959. The molecule has 2 fully saturated rings. The second-order valence-corrected chi connectivity index (χ2v) is 6.27. The molecular weight excluding hydrogens is 304 g/mol. The van der Waals surface area contributed by atoms with E-state index in [0.29, 0.717) is 13.2 Å². The van der Waals surface area contributed by atoms with Crippen molar-refractivity contribution in [3.8, 4) is 0 Å². The van der Waals surface area contributed by atoms with Crippen LogP contribution in [0.1, 0.15) is 11.1 Å². The first-order valence-corrected chi connectivity index (χ1v) is 8.44. The predicted octanol–water partition coefficient (Wildman–Crippen LogP) is 2.95. The quantitative estimate of drug-likeness (QED) is 0.665. The number of epoxide rings is 2. The van der Waals surface area contributed by atoms with Crippen LogP contribution in [0.25, 0.3) is 0 Å². The monoisotopic (exact) mass is 326 g/mol. The van der Waals surface area contributed by atoms with Gasteiger partial charge in [-0.15, -0.1) is 0 Å². The Kier molecular flexibility index (Phi) is 4.90. The van der Waals surface area contributed by atoms with Gasteiger partial charge in [0.25, 0.3) is 0 Å². The SMILES string of the molecule is c1ccc(CO[C@H]([C@@H](OCc2ccccc2)[C@@H]2CO2)[C@@H]2CO2)cc1. The number of hydrogen-bond acceptors (Lipinski definition) is 4. The fourth-order valence-electron chi connectivity index (χ4n) is 2.85. The summed E-state index contributed by atoms with van der Waals surface area (Å²) in [6.07, 6.45) is 0.0280. The van der Waals surface area contributed by atoms with Crippen LogP contribution < -0.4 is 0 Å². The second kappa shape index (κ2) is 7.45. The lowest BCUT2D eigenvalue weighted by atomic mass is 10.1. The third-order valence-corrected chi connectivity index (χ3v) is 4.35. The highest BCUT2D eigenvalue weighted by atomic mass is 16.6. The second-order valence-electron chi connectivity index (χ2n) is 6.27. The average molecular weight is 326 g/mol. The Morgan fingerprint density at radius 2 is 1.08 bits per heavy atom. The standard InChI is InChI=1S/C20H22O4/c1-3-7-15(8-4-1)11-23-19(17-13-21-17)20(18-14-22-18)24-12-16-9-5-2-6-10-16/h1-10,17-20H,11-14H2/t17-,18-,19-,20-/m0/s1. The molecule has 0 bridgehead atoms. The summed E-state index contributed by atoms with van der Waals surface area (Å²) in [5, 5.41) is 0. The first-order valence-electron chi connectivity index (χ1n) is 8.44. The normalized spacial score (nSPS) is 24.3. The lowest BCUT2D eigenvalue weighted by Gasteiger charge is -2.25. The van der Waals surface area contributed by atoms with E-state index < -0.39 is 0 Å². The van der Waals surface area contributed by atoms with E-state index in [1.54, 1.807) is 0 Å². The summed E-state index contributed by atoms with van der Waals surface area (Å²) in [4.78, 5) is 0. The maximum atomic E-state index is 6.17. The average Bonchev–Trinajstić information content (AvgIpc) is 3.52. The molecule has 2 aromatic rings. The number of benzene rings is 2. The lowest BCUT2D eigenvalue weighted by molar-refractivity contribution is -0.104. The van der Waals surface area contributed by atoms with E-state index in [1.165, 1.54) is 0 Å². The molecule has 0 spiro atoms. The van der Waals surface area contributed by atoms with Gasteiger partial charge in [0, 0.05) is 0 Å². The molecule has 0 aliphatic carbocycles. The first-order chi connectivity index (χ1) is 11.9. The van der Waals surface area contributed by atoms with Gasteiger partial charge in [0.15, 0.2) is 0 Å². The van der Waals surface area contributed by atoms with Gasteiger partial charge in [-0.2, -0.15) is 0 Å². The molecule has 2 saturated heterocycles. The molecular formula is C20H22O4. The smallest absolute Gasteiger partial charge is 0.115 e. The van der Waals surface area contributed by atoms with Crippen LogP contribution in [-0.4, -0.2) is 37.6 Å². The summed E-state index contributed by atoms with van der Waals surface area (Å²) in [5.41, 5.74) is 2.31. The van der Waals surface area contributed by atoms with Crippen LogP contribution >= 0.6 is 0 Å². The molecule has 0 N–H and O–H groups in total. The van der Waals surface area contributed by atoms with Crippen LogP contribution in [0.5, 0.6) is 0 Å². The number of rotatable bonds is 9. The molecule has 2 aliphatic heterocycles. The maximum Gasteiger partial charge on any atom is 0.115 e. The molecule has 0 saturated carbocycles. The van der Waals surface area contributed by atoms with Crippen molar-refractivity contribution in [1.82, 2.24) is 0 Å². The third kappa shape index (κ3) is 4.22. The van der Waals surface area contributed by atoms with E-state index in [0.717, 1.165) is 24.3 Å². The van der Waals surface area contributed by atoms with Crippen LogP contribution in [0.3, 0.4) is 0 Å². The third-order valence-electron chi connectivity index (χ3n) is 4.35. The zero-order chi connectivity index (χ0) is 16.2. The van der Waals surface area contributed by atoms with Crippen LogP contribution in [-0.2, 0) is 32.2 Å². The van der Waals surface area contributed by atoms with Crippen molar-refractivity contribution in [3.63, 3.8) is 0 Å². The van der Waals surface area contributed by atoms with Crippen molar-refractivity contribution in [2.75, 3.05) is 13.2 Å². The highest BCUT2D eigenvalue weighted by molar-refractivity contribution is 5.14. The Morgan fingerprint density at radius 1 is 0.708 bits per heavy atom. The lowest BCUT2D eigenvalue weighted by Crippen LogP contribution is -2.40. The van der Waals surface area contributed by atoms with Gasteiger partial charge >= 0.3 is 0 Å². The number of ether oxygens (including phenoxy) is 4. The summed E-state index contributed by atoms with van der Waals surface area (Å²) in [6, 6.07) is 20.4. The Hall–Kier alpha value is -1.72. The van der Waals surface area contributed by atoms with Gasteiger partial charge in [-0.05, 0) is 11.1 Å². The van der Waals surface area contributed by atoms with E-state index in [4.69, 9.17) is 18.9 Å². The molecule has 126 valence electrons. The minimum atomic E-state index is -0.0959. The van der Waals surface area contributed by atoms with Crippen LogP contribution in [0, 0.1) is 0 Å². The first kappa shape index (κ1) is 15.8. The van der Waals surface area contributed by atoms with Crippen molar-refractivity contribution in [1.29, 1.82) is 0 Å². The fraction of sp³-hybridized carbons (Fsp3) is 0.400. The molecule has 4 nitrogen and oxygen atoms in total. The van der Waals surface area contributed by atoms with E-state index in [1.807, 2.05) is 36.4 Å². The van der Waals surface area contributed by atoms with Gasteiger partial charge in [-0.3, -0.25) is 0 Å². The maximum absolute atomic E-state index is 6.17. The molecule has 2 aromatic carbocycles. The van der Waals surface area contributed by atoms with Gasteiger partial charge in [0.2, 0.25) is 0 Å². The molecule has 2 heterocycles. The molecule has 2 aliphatic rings. The number of hydrogen-bond donors (Lipinski definition) is 0. The van der Waals surface area contributed by atoms with Crippen molar-refractivity contribution in [2.24, 2.45) is 0 Å². The molecule has 4 heteroatoms. The predicted molar refractivity (Wildman–Crippen MR) is 89.5 cm³/mol. The molecule has 4 rings (SSSR count). The summed E-state index contributed by atoms with van der Waals surface area (Å²) >= 11 is 0. The summed E-state index contributed by atoms with van der Waals surface area (Å²) in [6.45, 7) is 2.58. The summed E-state index contributed by atoms with van der Waals surface area (Å²) in [5.74, 6) is 0.